The van der Waals surface area contributed by atoms with Crippen molar-refractivity contribution in [3.63, 3.8) is 0 Å². The van der Waals surface area contributed by atoms with E-state index in [0.717, 1.165) is 0 Å². The van der Waals surface area contributed by atoms with Crippen LogP contribution in [0, 0.1) is 16.7 Å². The Labute approximate surface area is 234 Å². The molecule has 0 unspecified atom stereocenters. The van der Waals surface area contributed by atoms with Crippen molar-refractivity contribution in [1.82, 2.24) is 19.5 Å². The molecule has 5 rings (SSSR count). The van der Waals surface area contributed by atoms with Gasteiger partial charge in [0.2, 0.25) is 23.7 Å². The van der Waals surface area contributed by atoms with Crippen LogP contribution >= 0.6 is 23.2 Å². The van der Waals surface area contributed by atoms with Crippen molar-refractivity contribution >= 4 is 57.9 Å². The Bertz CT molecular complexity index is 1430. The highest BCUT2D eigenvalue weighted by Crippen LogP contribution is 2.44. The fourth-order valence-electron chi connectivity index (χ4n) is 5.37. The number of amides is 1. The van der Waals surface area contributed by atoms with Gasteiger partial charge in [-0.05, 0) is 50.7 Å². The van der Waals surface area contributed by atoms with Crippen LogP contribution in [0.2, 0.25) is 10.0 Å². The number of hydrogen-bond donors (Lipinski definition) is 3. The third-order valence-electron chi connectivity index (χ3n) is 7.91. The van der Waals surface area contributed by atoms with Crippen molar-refractivity contribution in [1.29, 1.82) is 5.26 Å². The predicted octanol–water partition coefficient (Wildman–Crippen LogP) is 6.34. The summed E-state index contributed by atoms with van der Waals surface area (Å²) >= 11 is 12.9. The molecular formula is C26H28Cl2F2N8O. The Morgan fingerprint density at radius 2 is 1.77 bits per heavy atom. The van der Waals surface area contributed by atoms with E-state index in [0.29, 0.717) is 72.8 Å². The smallest absolute Gasteiger partial charge is 0.248 e. The molecule has 2 fully saturated rings. The number of primary amides is 1. The molecule has 0 spiro atoms. The van der Waals surface area contributed by atoms with Crippen LogP contribution in [0.4, 0.5) is 26.4 Å². The Hall–Kier alpha value is -3.23. The summed E-state index contributed by atoms with van der Waals surface area (Å²) in [5, 5.41) is 16.2. The summed E-state index contributed by atoms with van der Waals surface area (Å²) in [5.74, 6) is -2.19. The number of fused-ring (bicyclic) bond motifs is 1. The summed E-state index contributed by atoms with van der Waals surface area (Å²) < 4.78 is 29.2. The van der Waals surface area contributed by atoms with Gasteiger partial charge in [0.05, 0.1) is 33.6 Å². The van der Waals surface area contributed by atoms with Gasteiger partial charge in [-0.2, -0.15) is 10.2 Å². The number of carbonyl (C=O) groups excluding carboxylic acids is 1. The predicted molar refractivity (Wildman–Crippen MR) is 145 cm³/mol. The molecule has 0 saturated heterocycles. The Kier molecular flexibility index (Phi) is 7.29. The van der Waals surface area contributed by atoms with Gasteiger partial charge in [0.25, 0.3) is 0 Å². The Morgan fingerprint density at radius 3 is 2.36 bits per heavy atom. The van der Waals surface area contributed by atoms with Crippen molar-refractivity contribution in [2.45, 2.75) is 76.3 Å². The number of anilines is 3. The molecule has 0 atom stereocenters. The molecule has 39 heavy (non-hydrogen) atoms. The largest absolute Gasteiger partial charge is 0.369 e. The number of nitrogens with two attached hydrogens (primary N) is 1. The second kappa shape index (κ2) is 10.4. The van der Waals surface area contributed by atoms with E-state index in [4.69, 9.17) is 38.9 Å². The van der Waals surface area contributed by atoms with E-state index >= 15 is 0 Å². The third kappa shape index (κ3) is 5.58. The highest BCUT2D eigenvalue weighted by atomic mass is 35.5. The van der Waals surface area contributed by atoms with Gasteiger partial charge in [-0.25, -0.2) is 18.7 Å². The average molecular weight is 577 g/mol. The maximum Gasteiger partial charge on any atom is 0.248 e. The van der Waals surface area contributed by atoms with Gasteiger partial charge in [0.15, 0.2) is 5.65 Å². The first-order valence-corrected chi connectivity index (χ1v) is 13.6. The zero-order valence-corrected chi connectivity index (χ0v) is 22.8. The van der Waals surface area contributed by atoms with E-state index in [1.165, 1.54) is 12.1 Å². The van der Waals surface area contributed by atoms with Crippen molar-refractivity contribution < 1.29 is 13.6 Å². The van der Waals surface area contributed by atoms with Crippen molar-refractivity contribution in [3.05, 3.63) is 33.9 Å². The van der Waals surface area contributed by atoms with Crippen LogP contribution < -0.4 is 16.4 Å². The maximum atomic E-state index is 13.6. The number of carbonyl (C=O) groups is 1. The molecule has 1 amide bonds. The lowest BCUT2D eigenvalue weighted by Crippen LogP contribution is -2.38. The monoisotopic (exact) mass is 576 g/mol. The second-order valence-corrected chi connectivity index (χ2v) is 11.5. The quantitative estimate of drug-likeness (QED) is 0.311. The lowest BCUT2D eigenvalue weighted by molar-refractivity contribution is -0.128. The minimum Gasteiger partial charge on any atom is -0.369 e. The average Bonchev–Trinajstić information content (AvgIpc) is 3.25. The molecule has 2 aromatic heterocycles. The highest BCUT2D eigenvalue weighted by Gasteiger charge is 2.38. The second-order valence-electron chi connectivity index (χ2n) is 10.7. The summed E-state index contributed by atoms with van der Waals surface area (Å²) in [7, 11) is 0. The first kappa shape index (κ1) is 27.3. The SMILES string of the molecule is C[C@]1(C(N)=O)CC[C@@H](n2c(Nc3c(Cl)cc(C#N)cc3Cl)nc3cnc(NC4CCC(F)(F)CC4)nc32)CC1. The molecule has 2 aliphatic rings. The zero-order valence-electron chi connectivity index (χ0n) is 21.3. The molecule has 0 radical (unpaired) electrons. The normalized spacial score (nSPS) is 23.3. The summed E-state index contributed by atoms with van der Waals surface area (Å²) in [6, 6.07) is 4.82. The molecule has 0 bridgehead atoms. The molecule has 3 aromatic rings. The number of benzene rings is 1. The van der Waals surface area contributed by atoms with Crippen LogP contribution in [-0.2, 0) is 4.79 Å². The van der Waals surface area contributed by atoms with Gasteiger partial charge in [-0.1, -0.05) is 30.1 Å². The van der Waals surface area contributed by atoms with E-state index in [2.05, 4.69) is 15.6 Å². The molecule has 2 heterocycles. The molecule has 2 saturated carbocycles. The van der Waals surface area contributed by atoms with E-state index < -0.39 is 11.3 Å². The number of aromatic nitrogens is 4. The van der Waals surface area contributed by atoms with Gasteiger partial charge >= 0.3 is 0 Å². The van der Waals surface area contributed by atoms with Crippen LogP contribution in [0.5, 0.6) is 0 Å². The van der Waals surface area contributed by atoms with E-state index in [1.54, 1.807) is 6.20 Å². The third-order valence-corrected chi connectivity index (χ3v) is 8.51. The minimum absolute atomic E-state index is 0.0722. The fourth-order valence-corrected chi connectivity index (χ4v) is 5.96. The summed E-state index contributed by atoms with van der Waals surface area (Å²) in [6.45, 7) is 1.88. The number of hydrogen-bond acceptors (Lipinski definition) is 7. The summed E-state index contributed by atoms with van der Waals surface area (Å²) in [5.41, 5.74) is 6.86. The lowest BCUT2D eigenvalue weighted by Gasteiger charge is -2.35. The van der Waals surface area contributed by atoms with Gasteiger partial charge in [0.1, 0.15) is 5.52 Å². The number of alkyl halides is 2. The number of nitriles is 1. The standard InChI is InChI=1S/C26H28Cl2F2N8O/c1-25(22(32)39)6-4-16(5-7-25)38-21-19(13-33-23(37-21)34-15-2-8-26(29,30)9-3-15)35-24(38)36-20-17(27)10-14(12-31)11-18(20)28/h10-11,13,15-16H,2-9H2,1H3,(H2,32,39)(H,35,36)(H,33,34,37)/t16-,25+. The van der Waals surface area contributed by atoms with Crippen molar-refractivity contribution in [3.8, 4) is 6.07 Å². The van der Waals surface area contributed by atoms with E-state index in [9.17, 15) is 18.8 Å². The van der Waals surface area contributed by atoms with Crippen LogP contribution in [-0.4, -0.2) is 37.4 Å². The first-order valence-electron chi connectivity index (χ1n) is 12.8. The Morgan fingerprint density at radius 1 is 1.13 bits per heavy atom. The van der Waals surface area contributed by atoms with Crippen LogP contribution in [0.3, 0.4) is 0 Å². The number of nitrogens with zero attached hydrogens (tertiary/aromatic N) is 5. The molecule has 13 heteroatoms. The molecule has 9 nitrogen and oxygen atoms in total. The van der Waals surface area contributed by atoms with Gasteiger partial charge in [-0.3, -0.25) is 9.36 Å². The molecule has 206 valence electrons. The van der Waals surface area contributed by atoms with Crippen molar-refractivity contribution in [2.24, 2.45) is 11.1 Å². The maximum absolute atomic E-state index is 13.6. The van der Waals surface area contributed by atoms with Crippen molar-refractivity contribution in [2.75, 3.05) is 10.6 Å². The molecule has 2 aliphatic carbocycles. The van der Waals surface area contributed by atoms with E-state index in [1.807, 2.05) is 17.6 Å². The van der Waals surface area contributed by atoms with Gasteiger partial charge < -0.3 is 16.4 Å². The summed E-state index contributed by atoms with van der Waals surface area (Å²) in [6.07, 6.45) is 4.38. The number of nitrogens with one attached hydrogen (secondary N) is 2. The highest BCUT2D eigenvalue weighted by molar-refractivity contribution is 6.39. The minimum atomic E-state index is -2.63. The zero-order chi connectivity index (χ0) is 27.9. The van der Waals surface area contributed by atoms with E-state index in [-0.39, 0.29) is 40.9 Å². The van der Waals surface area contributed by atoms with Gasteiger partial charge in [-0.15, -0.1) is 0 Å². The first-order chi connectivity index (χ1) is 18.5. The van der Waals surface area contributed by atoms with Crippen LogP contribution in [0.15, 0.2) is 18.3 Å². The lowest BCUT2D eigenvalue weighted by atomic mass is 9.73. The van der Waals surface area contributed by atoms with Crippen LogP contribution in [0.1, 0.15) is 69.9 Å². The number of rotatable bonds is 6. The fraction of sp³-hybridized carbons (Fsp3) is 0.500. The molecule has 1 aromatic carbocycles. The number of halogens is 4. The topological polar surface area (TPSA) is 135 Å². The van der Waals surface area contributed by atoms with Gasteiger partial charge in [0, 0.05) is 30.3 Å². The van der Waals surface area contributed by atoms with Crippen LogP contribution in [0.25, 0.3) is 11.2 Å². The summed E-state index contributed by atoms with van der Waals surface area (Å²) in [4.78, 5) is 25.9. The Balaban J connectivity index is 1.51. The number of imidazole rings is 1. The molecular weight excluding hydrogens is 549 g/mol. The molecule has 4 N–H and O–H groups in total. The molecule has 0 aliphatic heterocycles.